The van der Waals surface area contributed by atoms with Crippen LogP contribution in [0.5, 0.6) is 5.75 Å². The highest BCUT2D eigenvalue weighted by Crippen LogP contribution is 2.25. The molecule has 1 aromatic heterocycles. The molecule has 19 heavy (non-hydrogen) atoms. The maximum absolute atomic E-state index is 12.1. The molecule has 0 spiro atoms. The SMILES string of the molecule is COc1ccc(C(=O)N[C@H](C)c2ccco2)cc1Br. The van der Waals surface area contributed by atoms with Gasteiger partial charge in [0.15, 0.2) is 0 Å². The zero-order valence-corrected chi connectivity index (χ0v) is 12.2. The van der Waals surface area contributed by atoms with Gasteiger partial charge in [-0.15, -0.1) is 0 Å². The lowest BCUT2D eigenvalue weighted by atomic mass is 10.2. The van der Waals surface area contributed by atoms with Crippen LogP contribution in [0.15, 0.2) is 45.5 Å². The largest absolute Gasteiger partial charge is 0.496 e. The molecule has 0 fully saturated rings. The summed E-state index contributed by atoms with van der Waals surface area (Å²) in [6.07, 6.45) is 1.59. The molecule has 1 N–H and O–H groups in total. The van der Waals surface area contributed by atoms with E-state index < -0.39 is 0 Å². The van der Waals surface area contributed by atoms with E-state index in [1.54, 1.807) is 37.6 Å². The molecule has 0 saturated carbocycles. The lowest BCUT2D eigenvalue weighted by Crippen LogP contribution is -2.26. The van der Waals surface area contributed by atoms with Crippen LogP contribution in [0.3, 0.4) is 0 Å². The second-order valence-electron chi connectivity index (χ2n) is 4.06. The van der Waals surface area contributed by atoms with E-state index in [-0.39, 0.29) is 11.9 Å². The monoisotopic (exact) mass is 323 g/mol. The highest BCUT2D eigenvalue weighted by molar-refractivity contribution is 9.10. The lowest BCUT2D eigenvalue weighted by Gasteiger charge is -2.12. The Balaban J connectivity index is 2.10. The minimum atomic E-state index is -0.177. The van der Waals surface area contributed by atoms with Crippen molar-refractivity contribution in [2.45, 2.75) is 13.0 Å². The number of ether oxygens (including phenoxy) is 1. The maximum atomic E-state index is 12.1. The van der Waals surface area contributed by atoms with E-state index >= 15 is 0 Å². The van der Waals surface area contributed by atoms with E-state index in [0.29, 0.717) is 11.3 Å². The van der Waals surface area contributed by atoms with Gasteiger partial charge in [0.05, 0.1) is 23.9 Å². The maximum Gasteiger partial charge on any atom is 0.251 e. The lowest BCUT2D eigenvalue weighted by molar-refractivity contribution is 0.0935. The van der Waals surface area contributed by atoms with Crippen LogP contribution in [0.25, 0.3) is 0 Å². The number of halogens is 1. The number of furan rings is 1. The average molecular weight is 324 g/mol. The number of carbonyl (C=O) groups excluding carboxylic acids is 1. The normalized spacial score (nSPS) is 11.9. The van der Waals surface area contributed by atoms with Gasteiger partial charge >= 0.3 is 0 Å². The molecule has 0 unspecified atom stereocenters. The van der Waals surface area contributed by atoms with E-state index in [0.717, 1.165) is 10.2 Å². The van der Waals surface area contributed by atoms with Crippen molar-refractivity contribution in [3.05, 3.63) is 52.4 Å². The summed E-state index contributed by atoms with van der Waals surface area (Å²) in [7, 11) is 1.58. The second-order valence-corrected chi connectivity index (χ2v) is 4.91. The minimum absolute atomic E-state index is 0.160. The number of amides is 1. The number of hydrogen-bond donors (Lipinski definition) is 1. The van der Waals surface area contributed by atoms with Crippen molar-refractivity contribution in [1.82, 2.24) is 5.32 Å². The molecule has 2 aromatic rings. The minimum Gasteiger partial charge on any atom is -0.496 e. The first-order chi connectivity index (χ1) is 9.11. The van der Waals surface area contributed by atoms with E-state index in [4.69, 9.17) is 9.15 Å². The van der Waals surface area contributed by atoms with Gasteiger partial charge in [-0.25, -0.2) is 0 Å². The van der Waals surface area contributed by atoms with Gasteiger partial charge in [-0.05, 0) is 53.2 Å². The molecular formula is C14H14BrNO3. The summed E-state index contributed by atoms with van der Waals surface area (Å²) in [4.78, 5) is 12.1. The first-order valence-corrected chi connectivity index (χ1v) is 6.59. The van der Waals surface area contributed by atoms with Crippen LogP contribution in [-0.4, -0.2) is 13.0 Å². The Labute approximate surface area is 119 Å². The van der Waals surface area contributed by atoms with E-state index in [1.807, 2.05) is 13.0 Å². The molecular weight excluding hydrogens is 310 g/mol. The molecule has 1 amide bonds. The van der Waals surface area contributed by atoms with Gasteiger partial charge < -0.3 is 14.5 Å². The van der Waals surface area contributed by atoms with Crippen molar-refractivity contribution in [2.75, 3.05) is 7.11 Å². The Morgan fingerprint density at radius 2 is 2.21 bits per heavy atom. The molecule has 0 aliphatic heterocycles. The number of hydrogen-bond acceptors (Lipinski definition) is 3. The predicted molar refractivity (Wildman–Crippen MR) is 75.3 cm³/mol. The molecule has 0 saturated heterocycles. The van der Waals surface area contributed by atoms with Crippen molar-refractivity contribution < 1.29 is 13.9 Å². The number of benzene rings is 1. The summed E-state index contributed by atoms with van der Waals surface area (Å²) in [5.74, 6) is 1.25. The Hall–Kier alpha value is -1.75. The average Bonchev–Trinajstić information content (AvgIpc) is 2.92. The molecule has 1 atom stereocenters. The molecule has 0 bridgehead atoms. The number of nitrogens with one attached hydrogen (secondary N) is 1. The Kier molecular flexibility index (Phi) is 4.27. The zero-order chi connectivity index (χ0) is 13.8. The molecule has 1 aromatic carbocycles. The first-order valence-electron chi connectivity index (χ1n) is 5.79. The van der Waals surface area contributed by atoms with Crippen LogP contribution in [-0.2, 0) is 0 Å². The van der Waals surface area contributed by atoms with Crippen molar-refractivity contribution in [2.24, 2.45) is 0 Å². The van der Waals surface area contributed by atoms with Gasteiger partial charge in [-0.3, -0.25) is 4.79 Å². The quantitative estimate of drug-likeness (QED) is 0.936. The van der Waals surface area contributed by atoms with E-state index in [1.165, 1.54) is 0 Å². The standard InChI is InChI=1S/C14H14BrNO3/c1-9(12-4-3-7-19-12)16-14(17)10-5-6-13(18-2)11(15)8-10/h3-9H,1-2H3,(H,16,17)/t9-/m1/s1. The molecule has 5 heteroatoms. The third-order valence-electron chi connectivity index (χ3n) is 2.73. The predicted octanol–water partition coefficient (Wildman–Crippen LogP) is 3.54. The van der Waals surface area contributed by atoms with Crippen molar-refractivity contribution in [3.63, 3.8) is 0 Å². The third-order valence-corrected chi connectivity index (χ3v) is 3.35. The van der Waals surface area contributed by atoms with Crippen molar-refractivity contribution in [1.29, 1.82) is 0 Å². The first kappa shape index (κ1) is 13.7. The fourth-order valence-electron chi connectivity index (χ4n) is 1.70. The van der Waals surface area contributed by atoms with Gasteiger partial charge in [-0.1, -0.05) is 0 Å². The fourth-order valence-corrected chi connectivity index (χ4v) is 2.24. The van der Waals surface area contributed by atoms with Crippen LogP contribution >= 0.6 is 15.9 Å². The van der Waals surface area contributed by atoms with Gasteiger partial charge in [0, 0.05) is 5.56 Å². The Morgan fingerprint density at radius 3 is 2.79 bits per heavy atom. The van der Waals surface area contributed by atoms with Gasteiger partial charge in [0.1, 0.15) is 11.5 Å². The summed E-state index contributed by atoms with van der Waals surface area (Å²) >= 11 is 3.36. The summed E-state index contributed by atoms with van der Waals surface area (Å²) < 4.78 is 11.1. The topological polar surface area (TPSA) is 51.5 Å². The third kappa shape index (κ3) is 3.17. The highest BCUT2D eigenvalue weighted by Gasteiger charge is 2.14. The van der Waals surface area contributed by atoms with Gasteiger partial charge in [0.25, 0.3) is 5.91 Å². The molecule has 0 aliphatic rings. The Bertz CT molecular complexity index is 566. The summed E-state index contributed by atoms with van der Waals surface area (Å²) in [6.45, 7) is 1.87. The molecule has 0 radical (unpaired) electrons. The van der Waals surface area contributed by atoms with Gasteiger partial charge in [-0.2, -0.15) is 0 Å². The zero-order valence-electron chi connectivity index (χ0n) is 10.6. The Morgan fingerprint density at radius 1 is 1.42 bits per heavy atom. The van der Waals surface area contributed by atoms with Crippen LogP contribution in [0.2, 0.25) is 0 Å². The van der Waals surface area contributed by atoms with Gasteiger partial charge in [0.2, 0.25) is 0 Å². The van der Waals surface area contributed by atoms with Crippen molar-refractivity contribution >= 4 is 21.8 Å². The number of methoxy groups -OCH3 is 1. The molecule has 100 valence electrons. The van der Waals surface area contributed by atoms with E-state index in [9.17, 15) is 4.79 Å². The fraction of sp³-hybridized carbons (Fsp3) is 0.214. The van der Waals surface area contributed by atoms with Crippen molar-refractivity contribution in [3.8, 4) is 5.75 Å². The molecule has 4 nitrogen and oxygen atoms in total. The molecule has 2 rings (SSSR count). The smallest absolute Gasteiger partial charge is 0.251 e. The summed E-state index contributed by atoms with van der Waals surface area (Å²) in [6, 6.07) is 8.63. The van der Waals surface area contributed by atoms with Crippen LogP contribution < -0.4 is 10.1 Å². The number of rotatable bonds is 4. The van der Waals surface area contributed by atoms with Crippen LogP contribution in [0.1, 0.15) is 29.1 Å². The van der Waals surface area contributed by atoms with Crippen LogP contribution in [0.4, 0.5) is 0 Å². The molecule has 1 heterocycles. The summed E-state index contributed by atoms with van der Waals surface area (Å²) in [5.41, 5.74) is 0.561. The highest BCUT2D eigenvalue weighted by atomic mass is 79.9. The second kappa shape index (κ2) is 5.93. The van der Waals surface area contributed by atoms with E-state index in [2.05, 4.69) is 21.2 Å². The summed E-state index contributed by atoms with van der Waals surface area (Å²) in [5, 5.41) is 2.87. The number of carbonyl (C=O) groups is 1. The molecule has 0 aliphatic carbocycles. The van der Waals surface area contributed by atoms with Crippen LogP contribution in [0, 0.1) is 0 Å².